The molecular formula is C20H26N4O2. The van der Waals surface area contributed by atoms with Crippen LogP contribution < -0.4 is 10.9 Å². The summed E-state index contributed by atoms with van der Waals surface area (Å²) in [5.74, 6) is 0.561. The van der Waals surface area contributed by atoms with Gasteiger partial charge in [0.25, 0.3) is 11.5 Å². The van der Waals surface area contributed by atoms with Crippen molar-refractivity contribution >= 4 is 5.91 Å². The Balaban J connectivity index is 1.51. The molecule has 1 N–H and O–H groups in total. The summed E-state index contributed by atoms with van der Waals surface area (Å²) in [6.45, 7) is 6.09. The Hall–Kier alpha value is -2.47. The van der Waals surface area contributed by atoms with E-state index in [1.54, 1.807) is 0 Å². The molecule has 0 saturated carbocycles. The third-order valence-corrected chi connectivity index (χ3v) is 4.95. The monoisotopic (exact) mass is 354 g/mol. The van der Waals surface area contributed by atoms with Crippen LogP contribution in [0, 0.1) is 5.92 Å². The first-order valence-corrected chi connectivity index (χ1v) is 9.14. The fourth-order valence-electron chi connectivity index (χ4n) is 3.14. The van der Waals surface area contributed by atoms with Crippen LogP contribution in [0.4, 0.5) is 0 Å². The summed E-state index contributed by atoms with van der Waals surface area (Å²) in [6.07, 6.45) is 2.56. The maximum atomic E-state index is 12.1. The second-order valence-electron chi connectivity index (χ2n) is 7.14. The molecule has 3 rings (SSSR count). The third-order valence-electron chi connectivity index (χ3n) is 4.95. The van der Waals surface area contributed by atoms with Gasteiger partial charge in [-0.2, -0.15) is 5.10 Å². The Morgan fingerprint density at radius 3 is 2.42 bits per heavy atom. The number of likely N-dealkylation sites (tertiary alicyclic amines) is 1. The van der Waals surface area contributed by atoms with Gasteiger partial charge in [-0.25, -0.2) is 4.68 Å². The Kier molecular flexibility index (Phi) is 5.83. The van der Waals surface area contributed by atoms with Gasteiger partial charge in [0, 0.05) is 26.2 Å². The second-order valence-corrected chi connectivity index (χ2v) is 7.14. The number of rotatable bonds is 5. The van der Waals surface area contributed by atoms with E-state index in [2.05, 4.69) is 46.5 Å². The minimum Gasteiger partial charge on any atom is -0.347 e. The predicted octanol–water partition coefficient (Wildman–Crippen LogP) is 1.94. The van der Waals surface area contributed by atoms with E-state index in [-0.39, 0.29) is 17.2 Å². The van der Waals surface area contributed by atoms with Crippen molar-refractivity contribution in [3.8, 4) is 0 Å². The Bertz CT molecular complexity index is 805. The Morgan fingerprint density at radius 1 is 1.12 bits per heavy atom. The van der Waals surface area contributed by atoms with Gasteiger partial charge in [-0.3, -0.25) is 14.5 Å². The normalized spacial score (nSPS) is 15.8. The van der Waals surface area contributed by atoms with Crippen LogP contribution in [0.25, 0.3) is 0 Å². The maximum Gasteiger partial charge on any atom is 0.271 e. The van der Waals surface area contributed by atoms with Crippen LogP contribution in [-0.2, 0) is 20.1 Å². The van der Waals surface area contributed by atoms with Crippen LogP contribution in [-0.4, -0.2) is 33.7 Å². The van der Waals surface area contributed by atoms with Gasteiger partial charge in [0.2, 0.25) is 0 Å². The Morgan fingerprint density at radius 2 is 1.77 bits per heavy atom. The predicted molar refractivity (Wildman–Crippen MR) is 101 cm³/mol. The number of hydrogen-bond donors (Lipinski definition) is 1. The van der Waals surface area contributed by atoms with Gasteiger partial charge < -0.3 is 5.32 Å². The molecular weight excluding hydrogens is 328 g/mol. The number of benzene rings is 1. The maximum absolute atomic E-state index is 12.1. The van der Waals surface area contributed by atoms with Crippen LogP contribution in [0.5, 0.6) is 0 Å². The van der Waals surface area contributed by atoms with E-state index in [9.17, 15) is 9.59 Å². The first kappa shape index (κ1) is 18.3. The molecule has 2 heterocycles. The minimum atomic E-state index is -0.285. The number of nitrogens with one attached hydrogen (secondary N) is 1. The Labute approximate surface area is 153 Å². The molecule has 0 atom stereocenters. The molecule has 0 bridgehead atoms. The highest BCUT2D eigenvalue weighted by molar-refractivity contribution is 5.91. The molecule has 138 valence electrons. The number of aromatic nitrogens is 2. The van der Waals surface area contributed by atoms with Crippen LogP contribution >= 0.6 is 0 Å². The summed E-state index contributed by atoms with van der Waals surface area (Å²) in [6, 6.07) is 11.2. The van der Waals surface area contributed by atoms with E-state index in [4.69, 9.17) is 0 Å². The number of nitrogens with zero attached hydrogens (tertiary/aromatic N) is 3. The molecule has 1 amide bonds. The average molecular weight is 354 g/mol. The molecule has 1 aliphatic heterocycles. The molecule has 0 unspecified atom stereocenters. The summed E-state index contributed by atoms with van der Waals surface area (Å²) < 4.78 is 1.16. The second kappa shape index (κ2) is 8.27. The number of piperidine rings is 1. The highest BCUT2D eigenvalue weighted by Gasteiger charge is 2.15. The van der Waals surface area contributed by atoms with Crippen LogP contribution in [0.15, 0.2) is 41.2 Å². The lowest BCUT2D eigenvalue weighted by Crippen LogP contribution is -2.32. The number of aryl methyl sites for hydroxylation is 1. The van der Waals surface area contributed by atoms with E-state index in [0.29, 0.717) is 6.54 Å². The number of carbonyl (C=O) groups is 1. The van der Waals surface area contributed by atoms with Crippen molar-refractivity contribution in [2.45, 2.75) is 32.9 Å². The van der Waals surface area contributed by atoms with Gasteiger partial charge in [-0.05, 0) is 49.0 Å². The molecule has 1 saturated heterocycles. The molecule has 1 aromatic heterocycles. The first-order chi connectivity index (χ1) is 12.5. The van der Waals surface area contributed by atoms with Crippen molar-refractivity contribution in [3.05, 3.63) is 63.6 Å². The van der Waals surface area contributed by atoms with Crippen LogP contribution in [0.3, 0.4) is 0 Å². The van der Waals surface area contributed by atoms with E-state index in [1.165, 1.54) is 50.7 Å². The van der Waals surface area contributed by atoms with Crippen molar-refractivity contribution in [2.24, 2.45) is 13.0 Å². The van der Waals surface area contributed by atoms with E-state index in [0.717, 1.165) is 22.7 Å². The fraction of sp³-hybridized carbons (Fsp3) is 0.450. The van der Waals surface area contributed by atoms with E-state index >= 15 is 0 Å². The largest absolute Gasteiger partial charge is 0.347 e. The van der Waals surface area contributed by atoms with Gasteiger partial charge in [0.05, 0.1) is 0 Å². The molecule has 0 radical (unpaired) electrons. The zero-order valence-electron chi connectivity index (χ0n) is 15.4. The average Bonchev–Trinajstić information content (AvgIpc) is 2.65. The summed E-state index contributed by atoms with van der Waals surface area (Å²) >= 11 is 0. The summed E-state index contributed by atoms with van der Waals surface area (Å²) in [5, 5.41) is 6.80. The minimum absolute atomic E-state index is 0.236. The number of amides is 1. The molecule has 2 aromatic rings. The SMILES string of the molecule is CC1CCN(Cc2ccc(CNC(=O)c3ccc(=O)n(C)n3)cc2)CC1. The van der Waals surface area contributed by atoms with Crippen molar-refractivity contribution in [1.29, 1.82) is 0 Å². The molecule has 0 aliphatic carbocycles. The number of carbonyl (C=O) groups excluding carboxylic acids is 1. The number of hydrogen-bond acceptors (Lipinski definition) is 4. The van der Waals surface area contributed by atoms with Gasteiger partial charge >= 0.3 is 0 Å². The van der Waals surface area contributed by atoms with Crippen molar-refractivity contribution in [3.63, 3.8) is 0 Å². The molecule has 0 spiro atoms. The third kappa shape index (κ3) is 4.79. The topological polar surface area (TPSA) is 67.2 Å². The zero-order valence-corrected chi connectivity index (χ0v) is 15.4. The molecule has 1 aliphatic rings. The van der Waals surface area contributed by atoms with E-state index in [1.807, 2.05) is 0 Å². The lowest BCUT2D eigenvalue weighted by molar-refractivity contribution is 0.0943. The van der Waals surface area contributed by atoms with Crippen molar-refractivity contribution in [1.82, 2.24) is 20.0 Å². The quantitative estimate of drug-likeness (QED) is 0.891. The van der Waals surface area contributed by atoms with Crippen LogP contribution in [0.1, 0.15) is 41.4 Å². The summed E-state index contributed by atoms with van der Waals surface area (Å²) in [7, 11) is 1.53. The molecule has 26 heavy (non-hydrogen) atoms. The summed E-state index contributed by atoms with van der Waals surface area (Å²) in [4.78, 5) is 26.0. The lowest BCUT2D eigenvalue weighted by atomic mass is 9.99. The molecule has 6 heteroatoms. The molecule has 1 aromatic carbocycles. The first-order valence-electron chi connectivity index (χ1n) is 9.14. The van der Waals surface area contributed by atoms with Crippen molar-refractivity contribution < 1.29 is 4.79 Å². The van der Waals surface area contributed by atoms with Crippen molar-refractivity contribution in [2.75, 3.05) is 13.1 Å². The highest BCUT2D eigenvalue weighted by atomic mass is 16.2. The molecule has 6 nitrogen and oxygen atoms in total. The summed E-state index contributed by atoms with van der Waals surface area (Å²) in [5.41, 5.74) is 2.34. The smallest absolute Gasteiger partial charge is 0.271 e. The highest BCUT2D eigenvalue weighted by Crippen LogP contribution is 2.18. The van der Waals surface area contributed by atoms with E-state index < -0.39 is 0 Å². The van der Waals surface area contributed by atoms with Crippen LogP contribution in [0.2, 0.25) is 0 Å². The fourth-order valence-corrected chi connectivity index (χ4v) is 3.14. The van der Waals surface area contributed by atoms with Gasteiger partial charge in [-0.15, -0.1) is 0 Å². The van der Waals surface area contributed by atoms with Gasteiger partial charge in [0.15, 0.2) is 0 Å². The van der Waals surface area contributed by atoms with Gasteiger partial charge in [0.1, 0.15) is 5.69 Å². The zero-order chi connectivity index (χ0) is 18.5. The lowest BCUT2D eigenvalue weighted by Gasteiger charge is -2.30. The standard InChI is InChI=1S/C20H26N4O2/c1-15-9-11-24(12-10-15)14-17-5-3-16(4-6-17)13-21-20(26)18-7-8-19(25)23(2)22-18/h3-8,15H,9-14H2,1-2H3,(H,21,26). The molecule has 1 fully saturated rings. The van der Waals surface area contributed by atoms with Gasteiger partial charge in [-0.1, -0.05) is 31.2 Å².